The van der Waals surface area contributed by atoms with E-state index < -0.39 is 0 Å². The second-order valence-corrected chi connectivity index (χ2v) is 6.03. The van der Waals surface area contributed by atoms with Crippen LogP contribution in [-0.2, 0) is 6.42 Å². The van der Waals surface area contributed by atoms with Crippen LogP contribution in [0.15, 0.2) is 48.5 Å². The van der Waals surface area contributed by atoms with Crippen LogP contribution in [0.25, 0.3) is 17.0 Å². The Hall–Kier alpha value is -3.41. The largest absolute Gasteiger partial charge is 0.507 e. The number of ether oxygens (including phenoxy) is 1. The van der Waals surface area contributed by atoms with Crippen LogP contribution in [0, 0.1) is 6.92 Å². The summed E-state index contributed by atoms with van der Waals surface area (Å²) < 4.78 is 7.89. The second-order valence-electron chi connectivity index (χ2n) is 6.03. The number of hydrogen-bond acceptors (Lipinski definition) is 5. The number of aromatic hydroxyl groups is 1. The van der Waals surface area contributed by atoms with Gasteiger partial charge in [0, 0.05) is 6.42 Å². The molecule has 5 rings (SSSR count). The minimum atomic E-state index is 0.153. The molecule has 1 N–H and O–H groups in total. The van der Waals surface area contributed by atoms with Crippen molar-refractivity contribution in [1.29, 1.82) is 0 Å². The number of hydrogen-bond donors (Lipinski definition) is 1. The number of aryl methyl sites for hydroxylation is 1. The molecule has 0 bridgehead atoms. The Bertz CT molecular complexity index is 1130. The van der Waals surface area contributed by atoms with E-state index in [2.05, 4.69) is 10.2 Å². The van der Waals surface area contributed by atoms with Gasteiger partial charge in [-0.3, -0.25) is 4.40 Å². The van der Waals surface area contributed by atoms with Crippen molar-refractivity contribution in [2.75, 3.05) is 0 Å². The van der Waals surface area contributed by atoms with Crippen LogP contribution in [0.5, 0.6) is 17.4 Å². The topological polar surface area (TPSA) is 72.5 Å². The predicted molar refractivity (Wildman–Crippen MR) is 91.9 cm³/mol. The molecule has 2 aromatic carbocycles. The Kier molecular flexibility index (Phi) is 2.82. The van der Waals surface area contributed by atoms with Gasteiger partial charge in [-0.25, -0.2) is 0 Å². The summed E-state index contributed by atoms with van der Waals surface area (Å²) in [6.45, 7) is 1.87. The molecule has 3 heterocycles. The SMILES string of the molecule is Cc1nnc2c3c(nc(-c4ccccc4O)n12)Oc1ccccc1C3. The Balaban J connectivity index is 1.82. The van der Waals surface area contributed by atoms with Gasteiger partial charge < -0.3 is 9.84 Å². The van der Waals surface area contributed by atoms with E-state index in [4.69, 9.17) is 9.72 Å². The van der Waals surface area contributed by atoms with Crippen molar-refractivity contribution >= 4 is 5.65 Å². The zero-order valence-electron chi connectivity index (χ0n) is 13.5. The van der Waals surface area contributed by atoms with Crippen molar-refractivity contribution < 1.29 is 9.84 Å². The molecule has 0 atom stereocenters. The quantitative estimate of drug-likeness (QED) is 0.509. The van der Waals surface area contributed by atoms with Gasteiger partial charge in [0.05, 0.1) is 11.1 Å². The normalized spacial score (nSPS) is 12.5. The molecule has 1 aliphatic heterocycles. The highest BCUT2D eigenvalue weighted by Crippen LogP contribution is 2.39. The van der Waals surface area contributed by atoms with Gasteiger partial charge in [0.1, 0.15) is 17.3 Å². The fourth-order valence-corrected chi connectivity index (χ4v) is 3.25. The van der Waals surface area contributed by atoms with Gasteiger partial charge >= 0.3 is 0 Å². The molecule has 0 radical (unpaired) electrons. The lowest BCUT2D eigenvalue weighted by Crippen LogP contribution is -2.10. The van der Waals surface area contributed by atoms with Crippen molar-refractivity contribution in [3.8, 4) is 28.8 Å². The average Bonchev–Trinajstić information content (AvgIpc) is 3.02. The Labute approximate surface area is 143 Å². The summed E-state index contributed by atoms with van der Waals surface area (Å²) in [6, 6.07) is 15.0. The number of para-hydroxylation sites is 2. The summed E-state index contributed by atoms with van der Waals surface area (Å²) in [5.41, 5.74) is 3.31. The number of nitrogens with zero attached hydrogens (tertiary/aromatic N) is 4. The van der Waals surface area contributed by atoms with Crippen molar-refractivity contribution in [3.05, 3.63) is 65.5 Å². The molecule has 2 aromatic heterocycles. The van der Waals surface area contributed by atoms with Crippen LogP contribution in [0.2, 0.25) is 0 Å². The maximum absolute atomic E-state index is 10.3. The summed E-state index contributed by atoms with van der Waals surface area (Å²) in [4.78, 5) is 4.71. The molecule has 4 aromatic rings. The fourth-order valence-electron chi connectivity index (χ4n) is 3.25. The summed E-state index contributed by atoms with van der Waals surface area (Å²) in [7, 11) is 0. The molecule has 0 aliphatic carbocycles. The smallest absolute Gasteiger partial charge is 0.228 e. The lowest BCUT2D eigenvalue weighted by molar-refractivity contribution is 0.440. The van der Waals surface area contributed by atoms with Crippen LogP contribution in [0.3, 0.4) is 0 Å². The highest BCUT2D eigenvalue weighted by molar-refractivity contribution is 5.70. The minimum Gasteiger partial charge on any atom is -0.507 e. The molecule has 0 saturated heterocycles. The first-order chi connectivity index (χ1) is 12.2. The zero-order chi connectivity index (χ0) is 17.0. The van der Waals surface area contributed by atoms with Gasteiger partial charge in [0.25, 0.3) is 0 Å². The van der Waals surface area contributed by atoms with E-state index in [0.717, 1.165) is 16.9 Å². The lowest BCUT2D eigenvalue weighted by atomic mass is 10.0. The van der Waals surface area contributed by atoms with E-state index in [0.29, 0.717) is 35.2 Å². The number of aromatic nitrogens is 4. The Morgan fingerprint density at radius 3 is 2.72 bits per heavy atom. The van der Waals surface area contributed by atoms with Crippen LogP contribution in [-0.4, -0.2) is 24.7 Å². The van der Waals surface area contributed by atoms with Crippen LogP contribution < -0.4 is 4.74 Å². The van der Waals surface area contributed by atoms with E-state index in [1.54, 1.807) is 12.1 Å². The van der Waals surface area contributed by atoms with Crippen molar-refractivity contribution in [1.82, 2.24) is 19.6 Å². The third-order valence-electron chi connectivity index (χ3n) is 4.46. The first-order valence-electron chi connectivity index (χ1n) is 8.01. The fraction of sp³-hybridized carbons (Fsp3) is 0.105. The van der Waals surface area contributed by atoms with Gasteiger partial charge in [-0.15, -0.1) is 10.2 Å². The van der Waals surface area contributed by atoms with E-state index in [9.17, 15) is 5.11 Å². The molecule has 0 amide bonds. The Morgan fingerprint density at radius 2 is 1.84 bits per heavy atom. The second kappa shape index (κ2) is 5.04. The number of rotatable bonds is 1. The predicted octanol–water partition coefficient (Wildman–Crippen LogP) is 3.50. The molecule has 0 fully saturated rings. The van der Waals surface area contributed by atoms with Crippen LogP contribution in [0.1, 0.15) is 17.0 Å². The number of phenols is 1. The van der Waals surface area contributed by atoms with Gasteiger partial charge in [0.15, 0.2) is 11.5 Å². The first kappa shape index (κ1) is 14.0. The monoisotopic (exact) mass is 330 g/mol. The van der Waals surface area contributed by atoms with Crippen LogP contribution >= 0.6 is 0 Å². The molecule has 122 valence electrons. The summed E-state index contributed by atoms with van der Waals surface area (Å²) in [5.74, 6) is 2.74. The maximum Gasteiger partial charge on any atom is 0.228 e. The molecule has 6 nitrogen and oxygen atoms in total. The van der Waals surface area contributed by atoms with Gasteiger partial charge in [-0.2, -0.15) is 4.98 Å². The standard InChI is InChI=1S/C19H14N4O2/c1-11-21-22-18-14-10-12-6-2-5-9-16(12)25-19(14)20-17(23(11)18)13-7-3-4-8-15(13)24/h2-9,24H,10H2,1H3. The molecule has 0 spiro atoms. The first-order valence-corrected chi connectivity index (χ1v) is 8.01. The summed E-state index contributed by atoms with van der Waals surface area (Å²) >= 11 is 0. The van der Waals surface area contributed by atoms with Crippen molar-refractivity contribution in [2.45, 2.75) is 13.3 Å². The van der Waals surface area contributed by atoms with Crippen molar-refractivity contribution in [2.24, 2.45) is 0 Å². The van der Waals surface area contributed by atoms with Crippen LogP contribution in [0.4, 0.5) is 0 Å². The van der Waals surface area contributed by atoms with Gasteiger partial charge in [-0.1, -0.05) is 30.3 Å². The third-order valence-corrected chi connectivity index (χ3v) is 4.46. The van der Waals surface area contributed by atoms with E-state index in [-0.39, 0.29) is 5.75 Å². The molecule has 0 saturated carbocycles. The third kappa shape index (κ3) is 2.00. The molecule has 1 aliphatic rings. The number of phenolic OH excluding ortho intramolecular Hbond substituents is 1. The van der Waals surface area contributed by atoms with Gasteiger partial charge in [0.2, 0.25) is 5.88 Å². The molecule has 25 heavy (non-hydrogen) atoms. The average molecular weight is 330 g/mol. The number of fused-ring (bicyclic) bond motifs is 4. The summed E-state index contributed by atoms with van der Waals surface area (Å²) in [5, 5.41) is 18.8. The van der Waals surface area contributed by atoms with E-state index >= 15 is 0 Å². The lowest BCUT2D eigenvalue weighted by Gasteiger charge is -2.21. The molecule has 6 heteroatoms. The van der Waals surface area contributed by atoms with E-state index in [1.807, 2.05) is 47.7 Å². The zero-order valence-corrected chi connectivity index (χ0v) is 13.5. The maximum atomic E-state index is 10.3. The van der Waals surface area contributed by atoms with E-state index in [1.165, 1.54) is 0 Å². The molecular formula is C19H14N4O2. The molecular weight excluding hydrogens is 316 g/mol. The minimum absolute atomic E-state index is 0.153. The van der Waals surface area contributed by atoms with Crippen molar-refractivity contribution in [3.63, 3.8) is 0 Å². The summed E-state index contributed by atoms with van der Waals surface area (Å²) in [6.07, 6.45) is 0.682. The molecule has 0 unspecified atom stereocenters. The highest BCUT2D eigenvalue weighted by Gasteiger charge is 2.26. The van der Waals surface area contributed by atoms with Gasteiger partial charge in [-0.05, 0) is 30.7 Å². The number of benzene rings is 2. The Morgan fingerprint density at radius 1 is 1.04 bits per heavy atom. The highest BCUT2D eigenvalue weighted by atomic mass is 16.5.